The Kier molecular flexibility index (Phi) is 2.90. The van der Waals surface area contributed by atoms with E-state index in [1.807, 2.05) is 17.0 Å². The van der Waals surface area contributed by atoms with E-state index in [1.165, 1.54) is 12.7 Å². The molecule has 2 aliphatic heterocycles. The first kappa shape index (κ1) is 11.8. The molecule has 3 atom stereocenters. The Balaban J connectivity index is 1.87. The Morgan fingerprint density at radius 2 is 2.39 bits per heavy atom. The summed E-state index contributed by atoms with van der Waals surface area (Å²) in [6.45, 7) is 0. The lowest BCUT2D eigenvalue weighted by Crippen LogP contribution is -2.35. The SMILES string of the molecule is COC(=O)N1C2CCC1C(c1ccnc(Cl)c1)C2. The molecule has 2 saturated heterocycles. The molecule has 2 bridgehead atoms. The molecule has 2 fully saturated rings. The third-order valence-corrected chi connectivity index (χ3v) is 4.31. The Bertz CT molecular complexity index is 480. The van der Waals surface area contributed by atoms with Crippen LogP contribution in [0.5, 0.6) is 0 Å². The Labute approximate surface area is 111 Å². The summed E-state index contributed by atoms with van der Waals surface area (Å²) in [6, 6.07) is 4.47. The number of hydrogen-bond acceptors (Lipinski definition) is 3. The van der Waals surface area contributed by atoms with Gasteiger partial charge in [-0.05, 0) is 37.0 Å². The van der Waals surface area contributed by atoms with Crippen LogP contribution >= 0.6 is 11.6 Å². The van der Waals surface area contributed by atoms with Crippen molar-refractivity contribution in [3.05, 3.63) is 29.0 Å². The monoisotopic (exact) mass is 266 g/mol. The number of pyridine rings is 1. The molecule has 5 heteroatoms. The van der Waals surface area contributed by atoms with E-state index in [0.717, 1.165) is 19.3 Å². The lowest BCUT2D eigenvalue weighted by molar-refractivity contribution is 0.116. The van der Waals surface area contributed by atoms with Crippen LogP contribution in [0.15, 0.2) is 18.3 Å². The summed E-state index contributed by atoms with van der Waals surface area (Å²) >= 11 is 5.94. The van der Waals surface area contributed by atoms with Crippen molar-refractivity contribution < 1.29 is 9.53 Å². The van der Waals surface area contributed by atoms with Crippen LogP contribution in [0.4, 0.5) is 4.79 Å². The van der Waals surface area contributed by atoms with Gasteiger partial charge < -0.3 is 9.64 Å². The maximum absolute atomic E-state index is 11.8. The van der Waals surface area contributed by atoms with Crippen LogP contribution in [0.25, 0.3) is 0 Å². The maximum Gasteiger partial charge on any atom is 0.410 e. The highest BCUT2D eigenvalue weighted by atomic mass is 35.5. The fourth-order valence-electron chi connectivity index (χ4n) is 3.38. The third kappa shape index (κ3) is 1.75. The molecule has 96 valence electrons. The average molecular weight is 267 g/mol. The molecule has 2 aliphatic rings. The summed E-state index contributed by atoms with van der Waals surface area (Å²) in [5.41, 5.74) is 1.18. The van der Waals surface area contributed by atoms with E-state index in [-0.39, 0.29) is 12.1 Å². The predicted octanol–water partition coefficient (Wildman–Crippen LogP) is 2.82. The van der Waals surface area contributed by atoms with Crippen LogP contribution in [-0.4, -0.2) is 35.2 Å². The maximum atomic E-state index is 11.8. The molecular formula is C13H15ClN2O2. The van der Waals surface area contributed by atoms with Gasteiger partial charge in [0.1, 0.15) is 5.15 Å². The molecule has 0 spiro atoms. The van der Waals surface area contributed by atoms with Gasteiger partial charge in [0.2, 0.25) is 0 Å². The molecule has 0 N–H and O–H groups in total. The molecule has 3 rings (SSSR count). The second kappa shape index (κ2) is 4.43. The van der Waals surface area contributed by atoms with Gasteiger partial charge >= 0.3 is 6.09 Å². The number of amides is 1. The minimum absolute atomic E-state index is 0.204. The smallest absolute Gasteiger partial charge is 0.410 e. The van der Waals surface area contributed by atoms with Gasteiger partial charge in [-0.3, -0.25) is 0 Å². The number of halogens is 1. The number of ether oxygens (including phenoxy) is 1. The standard InChI is InChI=1S/C13H15ClN2O2/c1-18-13(17)16-9-2-3-11(16)10(7-9)8-4-5-15-12(14)6-8/h4-6,9-11H,2-3,7H2,1H3. The zero-order valence-corrected chi connectivity index (χ0v) is 10.9. The van der Waals surface area contributed by atoms with Crippen molar-refractivity contribution in [2.45, 2.75) is 37.3 Å². The number of methoxy groups -OCH3 is 1. The van der Waals surface area contributed by atoms with Gasteiger partial charge in [0.15, 0.2) is 0 Å². The first-order valence-electron chi connectivity index (χ1n) is 6.18. The molecule has 1 aromatic rings. The highest BCUT2D eigenvalue weighted by Gasteiger charge is 2.49. The van der Waals surface area contributed by atoms with Crippen molar-refractivity contribution in [3.63, 3.8) is 0 Å². The lowest BCUT2D eigenvalue weighted by Gasteiger charge is -2.23. The van der Waals surface area contributed by atoms with E-state index in [4.69, 9.17) is 16.3 Å². The second-order valence-corrected chi connectivity index (χ2v) is 5.32. The summed E-state index contributed by atoms with van der Waals surface area (Å²) in [5.74, 6) is 0.364. The van der Waals surface area contributed by atoms with Gasteiger partial charge in [-0.15, -0.1) is 0 Å². The molecule has 0 aromatic carbocycles. The normalized spacial score (nSPS) is 29.7. The average Bonchev–Trinajstić information content (AvgIpc) is 2.95. The Hall–Kier alpha value is -1.29. The number of aromatic nitrogens is 1. The van der Waals surface area contributed by atoms with Gasteiger partial charge in [0.05, 0.1) is 7.11 Å². The fourth-order valence-corrected chi connectivity index (χ4v) is 3.57. The van der Waals surface area contributed by atoms with Gasteiger partial charge in [-0.2, -0.15) is 0 Å². The predicted molar refractivity (Wildman–Crippen MR) is 67.7 cm³/mol. The lowest BCUT2D eigenvalue weighted by atomic mass is 9.84. The Morgan fingerprint density at radius 1 is 1.56 bits per heavy atom. The van der Waals surface area contributed by atoms with Gasteiger partial charge in [-0.1, -0.05) is 11.6 Å². The number of rotatable bonds is 1. The molecule has 3 unspecified atom stereocenters. The molecule has 0 aliphatic carbocycles. The van der Waals surface area contributed by atoms with E-state index in [0.29, 0.717) is 17.1 Å². The second-order valence-electron chi connectivity index (χ2n) is 4.93. The van der Waals surface area contributed by atoms with E-state index in [1.54, 1.807) is 6.20 Å². The summed E-state index contributed by atoms with van der Waals surface area (Å²) in [6.07, 6.45) is 4.65. The van der Waals surface area contributed by atoms with E-state index in [9.17, 15) is 4.79 Å². The Morgan fingerprint density at radius 3 is 3.11 bits per heavy atom. The van der Waals surface area contributed by atoms with Gasteiger partial charge in [0.25, 0.3) is 0 Å². The summed E-state index contributed by atoms with van der Waals surface area (Å²) in [7, 11) is 1.44. The van der Waals surface area contributed by atoms with E-state index < -0.39 is 0 Å². The molecule has 0 saturated carbocycles. The largest absolute Gasteiger partial charge is 0.453 e. The van der Waals surface area contributed by atoms with Crippen LogP contribution in [0.1, 0.15) is 30.7 Å². The van der Waals surface area contributed by atoms with Crippen molar-refractivity contribution in [1.29, 1.82) is 0 Å². The topological polar surface area (TPSA) is 42.4 Å². The molecule has 3 heterocycles. The summed E-state index contributed by atoms with van der Waals surface area (Å²) in [5, 5.41) is 0.514. The van der Waals surface area contributed by atoms with E-state index >= 15 is 0 Å². The van der Waals surface area contributed by atoms with Crippen molar-refractivity contribution in [2.24, 2.45) is 0 Å². The number of carbonyl (C=O) groups excluding carboxylic acids is 1. The van der Waals surface area contributed by atoms with Crippen LogP contribution in [-0.2, 0) is 4.74 Å². The molecular weight excluding hydrogens is 252 g/mol. The van der Waals surface area contributed by atoms with Crippen molar-refractivity contribution in [2.75, 3.05) is 7.11 Å². The molecule has 18 heavy (non-hydrogen) atoms. The number of carbonyl (C=O) groups is 1. The first-order chi connectivity index (χ1) is 8.70. The third-order valence-electron chi connectivity index (χ3n) is 4.10. The summed E-state index contributed by atoms with van der Waals surface area (Å²) < 4.78 is 4.87. The quantitative estimate of drug-likeness (QED) is 0.734. The fraction of sp³-hybridized carbons (Fsp3) is 0.538. The van der Waals surface area contributed by atoms with Crippen LogP contribution < -0.4 is 0 Å². The van der Waals surface area contributed by atoms with Crippen LogP contribution in [0.3, 0.4) is 0 Å². The zero-order valence-electron chi connectivity index (χ0n) is 10.2. The van der Waals surface area contributed by atoms with E-state index in [2.05, 4.69) is 4.98 Å². The minimum atomic E-state index is -0.204. The zero-order chi connectivity index (χ0) is 12.7. The molecule has 1 aromatic heterocycles. The van der Waals surface area contributed by atoms with Gasteiger partial charge in [-0.25, -0.2) is 9.78 Å². The van der Waals surface area contributed by atoms with Crippen LogP contribution in [0.2, 0.25) is 5.15 Å². The summed E-state index contributed by atoms with van der Waals surface area (Å²) in [4.78, 5) is 17.7. The van der Waals surface area contributed by atoms with Gasteiger partial charge in [0, 0.05) is 24.2 Å². The van der Waals surface area contributed by atoms with Crippen LogP contribution in [0, 0.1) is 0 Å². The van der Waals surface area contributed by atoms with Crippen molar-refractivity contribution in [1.82, 2.24) is 9.88 Å². The molecule has 1 amide bonds. The number of hydrogen-bond donors (Lipinski definition) is 0. The number of fused-ring (bicyclic) bond motifs is 2. The number of nitrogens with zero attached hydrogens (tertiary/aromatic N) is 2. The highest BCUT2D eigenvalue weighted by Crippen LogP contribution is 2.47. The van der Waals surface area contributed by atoms with Crippen molar-refractivity contribution in [3.8, 4) is 0 Å². The van der Waals surface area contributed by atoms with Crippen molar-refractivity contribution >= 4 is 17.7 Å². The first-order valence-corrected chi connectivity index (χ1v) is 6.56. The highest BCUT2D eigenvalue weighted by molar-refractivity contribution is 6.29. The molecule has 0 radical (unpaired) electrons. The molecule has 4 nitrogen and oxygen atoms in total. The minimum Gasteiger partial charge on any atom is -0.453 e.